The quantitative estimate of drug-likeness (QED) is 0.723. The van der Waals surface area contributed by atoms with Gasteiger partial charge in [-0.25, -0.2) is 4.98 Å². The van der Waals surface area contributed by atoms with Crippen LogP contribution in [-0.2, 0) is 11.2 Å². The Hall–Kier alpha value is -3.06. The molecule has 0 fully saturated rings. The van der Waals surface area contributed by atoms with Crippen LogP contribution in [0.25, 0.3) is 11.3 Å². The third-order valence-electron chi connectivity index (χ3n) is 4.51. The molecule has 6 nitrogen and oxygen atoms in total. The number of amides is 2. The summed E-state index contributed by atoms with van der Waals surface area (Å²) in [5.74, 6) is -0.163. The molecule has 3 aromatic rings. The third-order valence-corrected chi connectivity index (χ3v) is 5.27. The largest absolute Gasteiger partial charge is 0.326 e. The molecular formula is C20H18N4O2S. The maximum Gasteiger partial charge on any atom is 0.259 e. The van der Waals surface area contributed by atoms with Gasteiger partial charge in [0, 0.05) is 34.9 Å². The molecule has 2 N–H and O–H groups in total. The number of nitrogens with one attached hydrogen (secondary N) is 2. The Morgan fingerprint density at radius 1 is 1.22 bits per heavy atom. The fraction of sp³-hybridized carbons (Fsp3) is 0.200. The van der Waals surface area contributed by atoms with Gasteiger partial charge in [0.2, 0.25) is 5.91 Å². The molecule has 0 saturated carbocycles. The van der Waals surface area contributed by atoms with E-state index in [0.717, 1.165) is 40.2 Å². The standard InChI is InChI=1S/C20H18N4O2S/c1-11-7-12(2)21-9-15(11)19(26)24-20-23-17(10-27-20)14-3-5-16-13(8-14)4-6-18(25)22-16/h3,5,7-10H,4,6H2,1-2H3,(H,22,25)(H,23,24,26). The van der Waals surface area contributed by atoms with Gasteiger partial charge in [0.1, 0.15) is 0 Å². The second kappa shape index (κ2) is 6.92. The average molecular weight is 378 g/mol. The lowest BCUT2D eigenvalue weighted by Gasteiger charge is -2.17. The maximum absolute atomic E-state index is 12.5. The minimum Gasteiger partial charge on any atom is -0.326 e. The molecule has 136 valence electrons. The number of aryl methyl sites for hydroxylation is 3. The Balaban J connectivity index is 1.53. The van der Waals surface area contributed by atoms with E-state index in [0.29, 0.717) is 17.1 Å². The summed E-state index contributed by atoms with van der Waals surface area (Å²) >= 11 is 1.38. The molecule has 0 spiro atoms. The van der Waals surface area contributed by atoms with Crippen molar-refractivity contribution in [3.8, 4) is 11.3 Å². The van der Waals surface area contributed by atoms with Crippen molar-refractivity contribution < 1.29 is 9.59 Å². The van der Waals surface area contributed by atoms with E-state index < -0.39 is 0 Å². The zero-order valence-corrected chi connectivity index (χ0v) is 15.8. The monoisotopic (exact) mass is 378 g/mol. The fourth-order valence-corrected chi connectivity index (χ4v) is 3.82. The molecule has 1 aliphatic heterocycles. The minimum atomic E-state index is -0.214. The average Bonchev–Trinajstić information content (AvgIpc) is 3.09. The first kappa shape index (κ1) is 17.4. The molecule has 27 heavy (non-hydrogen) atoms. The topological polar surface area (TPSA) is 84.0 Å². The smallest absolute Gasteiger partial charge is 0.259 e. The molecule has 3 heterocycles. The van der Waals surface area contributed by atoms with E-state index >= 15 is 0 Å². The number of thiazole rings is 1. The van der Waals surface area contributed by atoms with Gasteiger partial charge in [0.05, 0.1) is 11.3 Å². The second-order valence-corrected chi connectivity index (χ2v) is 7.41. The van der Waals surface area contributed by atoms with Gasteiger partial charge in [-0.2, -0.15) is 0 Å². The van der Waals surface area contributed by atoms with Crippen molar-refractivity contribution in [3.05, 3.63) is 58.2 Å². The number of aromatic nitrogens is 2. The molecule has 1 aliphatic rings. The zero-order valence-electron chi connectivity index (χ0n) is 15.0. The molecule has 1 aromatic carbocycles. The molecule has 4 rings (SSSR count). The van der Waals surface area contributed by atoms with Crippen LogP contribution in [0.5, 0.6) is 0 Å². The molecule has 7 heteroatoms. The number of hydrogen-bond donors (Lipinski definition) is 2. The van der Waals surface area contributed by atoms with Crippen LogP contribution >= 0.6 is 11.3 Å². The van der Waals surface area contributed by atoms with Gasteiger partial charge in [-0.3, -0.25) is 19.9 Å². The Bertz CT molecular complexity index is 1060. The number of benzene rings is 1. The lowest BCUT2D eigenvalue weighted by atomic mass is 9.99. The van der Waals surface area contributed by atoms with Crippen LogP contribution in [0.2, 0.25) is 0 Å². The van der Waals surface area contributed by atoms with Gasteiger partial charge >= 0.3 is 0 Å². The van der Waals surface area contributed by atoms with E-state index in [1.807, 2.05) is 43.5 Å². The Morgan fingerprint density at radius 2 is 2.07 bits per heavy atom. The van der Waals surface area contributed by atoms with Gasteiger partial charge in [-0.05, 0) is 49.6 Å². The van der Waals surface area contributed by atoms with Crippen LogP contribution in [-0.4, -0.2) is 21.8 Å². The van der Waals surface area contributed by atoms with Crippen LogP contribution in [0.15, 0.2) is 35.8 Å². The lowest BCUT2D eigenvalue weighted by Crippen LogP contribution is -2.18. The predicted molar refractivity (Wildman–Crippen MR) is 106 cm³/mol. The van der Waals surface area contributed by atoms with E-state index in [2.05, 4.69) is 20.6 Å². The Labute approximate surface area is 160 Å². The first-order valence-electron chi connectivity index (χ1n) is 8.63. The van der Waals surface area contributed by atoms with Crippen LogP contribution in [0, 0.1) is 13.8 Å². The first-order valence-corrected chi connectivity index (χ1v) is 9.51. The van der Waals surface area contributed by atoms with E-state index in [9.17, 15) is 9.59 Å². The number of hydrogen-bond acceptors (Lipinski definition) is 5. The van der Waals surface area contributed by atoms with E-state index in [-0.39, 0.29) is 11.8 Å². The van der Waals surface area contributed by atoms with Gasteiger partial charge in [-0.15, -0.1) is 11.3 Å². The van der Waals surface area contributed by atoms with Crippen molar-refractivity contribution in [2.75, 3.05) is 10.6 Å². The van der Waals surface area contributed by atoms with Gasteiger partial charge in [0.15, 0.2) is 5.13 Å². The number of pyridine rings is 1. The number of carbonyl (C=O) groups excluding carboxylic acids is 2. The molecule has 0 saturated heterocycles. The summed E-state index contributed by atoms with van der Waals surface area (Å²) in [6.45, 7) is 3.79. The summed E-state index contributed by atoms with van der Waals surface area (Å²) in [6, 6.07) is 7.76. The van der Waals surface area contributed by atoms with Crippen LogP contribution in [0.4, 0.5) is 10.8 Å². The molecule has 0 unspecified atom stereocenters. The second-order valence-electron chi connectivity index (χ2n) is 6.55. The molecular weight excluding hydrogens is 360 g/mol. The Kier molecular flexibility index (Phi) is 4.45. The summed E-state index contributed by atoms with van der Waals surface area (Å²) < 4.78 is 0. The van der Waals surface area contributed by atoms with Gasteiger partial charge in [-0.1, -0.05) is 6.07 Å². The highest BCUT2D eigenvalue weighted by Gasteiger charge is 2.17. The summed E-state index contributed by atoms with van der Waals surface area (Å²) in [7, 11) is 0. The van der Waals surface area contributed by atoms with Crippen LogP contribution in [0.3, 0.4) is 0 Å². The van der Waals surface area contributed by atoms with Crippen molar-refractivity contribution in [1.82, 2.24) is 9.97 Å². The number of carbonyl (C=O) groups is 2. The maximum atomic E-state index is 12.5. The molecule has 0 bridgehead atoms. The number of fused-ring (bicyclic) bond motifs is 1. The summed E-state index contributed by atoms with van der Waals surface area (Å²) in [4.78, 5) is 32.7. The SMILES string of the molecule is Cc1cc(C)c(C(=O)Nc2nc(-c3ccc4c(c3)CCC(=O)N4)cs2)cn1. The van der Waals surface area contributed by atoms with Crippen molar-refractivity contribution in [1.29, 1.82) is 0 Å². The minimum absolute atomic E-state index is 0.0507. The normalized spacial score (nSPS) is 13.0. The molecule has 2 aromatic heterocycles. The third kappa shape index (κ3) is 3.59. The highest BCUT2D eigenvalue weighted by atomic mass is 32.1. The summed E-state index contributed by atoms with van der Waals surface area (Å²) in [5, 5.41) is 8.18. The highest BCUT2D eigenvalue weighted by molar-refractivity contribution is 7.14. The van der Waals surface area contributed by atoms with E-state index in [1.165, 1.54) is 11.3 Å². The number of nitrogens with zero attached hydrogens (tertiary/aromatic N) is 2. The zero-order chi connectivity index (χ0) is 19.0. The number of rotatable bonds is 3. The summed E-state index contributed by atoms with van der Waals surface area (Å²) in [5.41, 5.74) is 6.04. The first-order chi connectivity index (χ1) is 13.0. The van der Waals surface area contributed by atoms with Gasteiger partial charge in [0.25, 0.3) is 5.91 Å². The Morgan fingerprint density at radius 3 is 2.89 bits per heavy atom. The van der Waals surface area contributed by atoms with E-state index in [4.69, 9.17) is 0 Å². The molecule has 0 radical (unpaired) electrons. The summed E-state index contributed by atoms with van der Waals surface area (Å²) in [6.07, 6.45) is 2.81. The van der Waals surface area contributed by atoms with Crippen molar-refractivity contribution in [2.24, 2.45) is 0 Å². The predicted octanol–water partition coefficient (Wildman–Crippen LogP) is 3.96. The van der Waals surface area contributed by atoms with Gasteiger partial charge < -0.3 is 5.32 Å². The van der Waals surface area contributed by atoms with Crippen LogP contribution < -0.4 is 10.6 Å². The molecule has 0 atom stereocenters. The molecule has 2 amide bonds. The number of anilines is 2. The van der Waals surface area contributed by atoms with Crippen LogP contribution in [0.1, 0.15) is 33.6 Å². The van der Waals surface area contributed by atoms with Crippen molar-refractivity contribution in [3.63, 3.8) is 0 Å². The molecule has 0 aliphatic carbocycles. The highest BCUT2D eigenvalue weighted by Crippen LogP contribution is 2.30. The van der Waals surface area contributed by atoms with Crippen molar-refractivity contribution >= 4 is 34.0 Å². The van der Waals surface area contributed by atoms with E-state index in [1.54, 1.807) is 6.20 Å². The fourth-order valence-electron chi connectivity index (χ4n) is 3.11. The lowest BCUT2D eigenvalue weighted by molar-refractivity contribution is -0.116. The van der Waals surface area contributed by atoms with Crippen molar-refractivity contribution in [2.45, 2.75) is 26.7 Å².